The molecule has 1 amide bonds. The number of rotatable bonds is 2. The van der Waals surface area contributed by atoms with Gasteiger partial charge in [0.25, 0.3) is 5.91 Å². The summed E-state index contributed by atoms with van der Waals surface area (Å²) >= 11 is 6.86. The highest BCUT2D eigenvalue weighted by Gasteiger charge is 2.27. The second-order valence-electron chi connectivity index (χ2n) is 10.4. The van der Waals surface area contributed by atoms with Crippen molar-refractivity contribution in [2.45, 2.75) is 57.5 Å². The summed E-state index contributed by atoms with van der Waals surface area (Å²) in [6.45, 7) is 1.47. The molecule has 9 heteroatoms. The fraction of sp³-hybridized carbons (Fsp3) is 0.333. The van der Waals surface area contributed by atoms with E-state index in [1.165, 1.54) is 6.07 Å². The SMILES string of the molecule is O=C(O)CC1c2ccc3c(c2)CN(CC3)C(=O)c2ccc(cc2F)CCCCCn2nnc3c(Cl)c1ccc32. The van der Waals surface area contributed by atoms with Crippen LogP contribution in [0.4, 0.5) is 4.39 Å². The van der Waals surface area contributed by atoms with Gasteiger partial charge in [0.1, 0.15) is 11.3 Å². The molecule has 9 bridgehead atoms. The van der Waals surface area contributed by atoms with Gasteiger partial charge < -0.3 is 10.0 Å². The topological polar surface area (TPSA) is 88.3 Å². The smallest absolute Gasteiger partial charge is 0.304 e. The fourth-order valence-corrected chi connectivity index (χ4v) is 6.16. The number of carbonyl (C=O) groups is 2. The number of carbonyl (C=O) groups excluding carboxylic acids is 1. The zero-order valence-corrected chi connectivity index (χ0v) is 22.1. The summed E-state index contributed by atoms with van der Waals surface area (Å²) < 4.78 is 16.9. The minimum Gasteiger partial charge on any atom is -0.481 e. The van der Waals surface area contributed by atoms with E-state index in [1.54, 1.807) is 11.0 Å². The largest absolute Gasteiger partial charge is 0.481 e. The number of hydrogen-bond acceptors (Lipinski definition) is 4. The van der Waals surface area contributed by atoms with Gasteiger partial charge in [0.15, 0.2) is 0 Å². The lowest BCUT2D eigenvalue weighted by Gasteiger charge is -2.30. The molecule has 9 rings (SSSR count). The monoisotopic (exact) mass is 546 g/mol. The van der Waals surface area contributed by atoms with Gasteiger partial charge in [-0.2, -0.15) is 0 Å². The molecule has 39 heavy (non-hydrogen) atoms. The third-order valence-corrected chi connectivity index (χ3v) is 8.34. The van der Waals surface area contributed by atoms with Crippen LogP contribution in [0.5, 0.6) is 0 Å². The van der Waals surface area contributed by atoms with Crippen LogP contribution < -0.4 is 0 Å². The maximum atomic E-state index is 15.0. The Hall–Kier alpha value is -3.78. The van der Waals surface area contributed by atoms with Gasteiger partial charge >= 0.3 is 5.97 Å². The molecule has 7 nitrogen and oxygen atoms in total. The molecular weight excluding hydrogens is 519 g/mol. The van der Waals surface area contributed by atoms with Crippen LogP contribution in [-0.4, -0.2) is 43.4 Å². The Morgan fingerprint density at radius 3 is 2.72 bits per heavy atom. The van der Waals surface area contributed by atoms with Crippen LogP contribution in [0.1, 0.15) is 69.8 Å². The number of halogens is 2. The Labute approximate surface area is 230 Å². The van der Waals surface area contributed by atoms with Gasteiger partial charge in [-0.25, -0.2) is 9.07 Å². The number of amides is 1. The van der Waals surface area contributed by atoms with E-state index in [9.17, 15) is 14.7 Å². The predicted molar refractivity (Wildman–Crippen MR) is 145 cm³/mol. The molecule has 0 radical (unpaired) electrons. The summed E-state index contributed by atoms with van der Waals surface area (Å²) in [5, 5.41) is 18.8. The van der Waals surface area contributed by atoms with Gasteiger partial charge in [-0.1, -0.05) is 53.6 Å². The standard InChI is InChI=1S/C30H28ClFN4O3/c31-28-22-9-10-26-29(28)33-34-36(26)12-3-1-2-4-18-5-8-23(25(32)14-18)30(39)35-13-11-19-6-7-20(15-21(19)17-35)24(22)16-27(37)38/h5-10,14-15,24H,1-4,11-13,16-17H2,(H,37,38). The quantitative estimate of drug-likeness (QED) is 0.345. The molecule has 5 aliphatic rings. The van der Waals surface area contributed by atoms with Crippen molar-refractivity contribution in [3.8, 4) is 0 Å². The van der Waals surface area contributed by atoms with Crippen LogP contribution in [0.25, 0.3) is 11.0 Å². The minimum absolute atomic E-state index is 0.0790. The van der Waals surface area contributed by atoms with Crippen LogP contribution in [-0.2, 0) is 30.7 Å². The number of hydrogen-bond donors (Lipinski definition) is 1. The fourth-order valence-electron chi connectivity index (χ4n) is 5.83. The second-order valence-corrected chi connectivity index (χ2v) is 10.8. The molecule has 1 unspecified atom stereocenters. The highest BCUT2D eigenvalue weighted by atomic mass is 35.5. The first-order chi connectivity index (χ1) is 18.9. The summed E-state index contributed by atoms with van der Waals surface area (Å²) in [6, 6.07) is 14.6. The van der Waals surface area contributed by atoms with Gasteiger partial charge in [0, 0.05) is 25.6 Å². The first-order valence-electron chi connectivity index (χ1n) is 13.3. The Bertz CT molecular complexity index is 1600. The van der Waals surface area contributed by atoms with E-state index in [1.807, 2.05) is 41.1 Å². The molecule has 0 spiro atoms. The minimum atomic E-state index is -0.946. The van der Waals surface area contributed by atoms with Gasteiger partial charge in [0.2, 0.25) is 0 Å². The Balaban J connectivity index is 1.45. The molecule has 4 aromatic rings. The maximum Gasteiger partial charge on any atom is 0.304 e. The molecule has 0 aliphatic carbocycles. The summed E-state index contributed by atoms with van der Waals surface area (Å²) in [7, 11) is 0. The lowest BCUT2D eigenvalue weighted by Crippen LogP contribution is -2.36. The van der Waals surface area contributed by atoms with E-state index in [2.05, 4.69) is 10.3 Å². The number of aromatic nitrogens is 3. The van der Waals surface area contributed by atoms with Crippen LogP contribution in [0, 0.1) is 5.82 Å². The molecule has 200 valence electrons. The number of carboxylic acid groups (broad SMARTS) is 1. The van der Waals surface area contributed by atoms with E-state index in [0.29, 0.717) is 42.2 Å². The highest BCUT2D eigenvalue weighted by molar-refractivity contribution is 6.35. The summed E-state index contributed by atoms with van der Waals surface area (Å²) in [5.41, 5.74) is 5.80. The van der Waals surface area contributed by atoms with E-state index in [4.69, 9.17) is 11.6 Å². The summed E-state index contributed by atoms with van der Waals surface area (Å²) in [5.74, 6) is -2.29. The zero-order chi connectivity index (χ0) is 27.1. The van der Waals surface area contributed by atoms with E-state index in [-0.39, 0.29) is 17.9 Å². The molecule has 0 saturated carbocycles. The molecule has 0 saturated heterocycles. The molecule has 6 heterocycles. The molecule has 3 aromatic carbocycles. The lowest BCUT2D eigenvalue weighted by molar-refractivity contribution is -0.137. The third kappa shape index (κ3) is 4.89. The van der Waals surface area contributed by atoms with Crippen molar-refractivity contribution in [1.82, 2.24) is 19.9 Å². The van der Waals surface area contributed by atoms with E-state index >= 15 is 4.39 Å². The summed E-state index contributed by atoms with van der Waals surface area (Å²) in [4.78, 5) is 26.9. The molecule has 5 aliphatic heterocycles. The highest BCUT2D eigenvalue weighted by Crippen LogP contribution is 2.38. The van der Waals surface area contributed by atoms with Gasteiger partial charge in [-0.05, 0) is 71.7 Å². The number of aliphatic carboxylic acids is 1. The maximum absolute atomic E-state index is 15.0. The average Bonchev–Trinajstić information content (AvgIpc) is 3.34. The molecule has 1 N–H and O–H groups in total. The third-order valence-electron chi connectivity index (χ3n) is 7.94. The number of carboxylic acids is 1. The molecule has 1 atom stereocenters. The van der Waals surface area contributed by atoms with Crippen molar-refractivity contribution in [2.75, 3.05) is 6.54 Å². The zero-order valence-electron chi connectivity index (χ0n) is 21.4. The van der Waals surface area contributed by atoms with Gasteiger partial charge in [-0.15, -0.1) is 5.10 Å². The number of aryl methyl sites for hydroxylation is 2. The van der Waals surface area contributed by atoms with Gasteiger partial charge in [0.05, 0.1) is 22.5 Å². The number of benzene rings is 3. The normalized spacial score (nSPS) is 17.7. The van der Waals surface area contributed by atoms with Crippen LogP contribution >= 0.6 is 11.6 Å². The molecule has 0 fully saturated rings. The number of nitrogens with zero attached hydrogens (tertiary/aromatic N) is 4. The first-order valence-corrected chi connectivity index (χ1v) is 13.7. The molecular formula is C30H28ClFN4O3. The van der Waals surface area contributed by atoms with Crippen molar-refractivity contribution < 1.29 is 19.1 Å². The summed E-state index contributed by atoms with van der Waals surface area (Å²) in [6.07, 6.45) is 3.87. The van der Waals surface area contributed by atoms with E-state index in [0.717, 1.165) is 53.5 Å². The average molecular weight is 547 g/mol. The van der Waals surface area contributed by atoms with Crippen molar-refractivity contribution in [1.29, 1.82) is 0 Å². The van der Waals surface area contributed by atoms with Crippen LogP contribution in [0.2, 0.25) is 5.02 Å². The van der Waals surface area contributed by atoms with Crippen molar-refractivity contribution in [3.63, 3.8) is 0 Å². The molecule has 1 aromatic heterocycles. The van der Waals surface area contributed by atoms with Crippen LogP contribution in [0.15, 0.2) is 48.5 Å². The predicted octanol–water partition coefficient (Wildman–Crippen LogP) is 5.76. The Morgan fingerprint density at radius 2 is 1.90 bits per heavy atom. The van der Waals surface area contributed by atoms with E-state index < -0.39 is 17.7 Å². The first kappa shape index (κ1) is 25.5. The van der Waals surface area contributed by atoms with Crippen LogP contribution in [0.3, 0.4) is 0 Å². The Morgan fingerprint density at radius 1 is 1.03 bits per heavy atom. The second kappa shape index (κ2) is 10.4. The van der Waals surface area contributed by atoms with Crippen molar-refractivity contribution >= 4 is 34.5 Å². The van der Waals surface area contributed by atoms with Crippen molar-refractivity contribution in [2.24, 2.45) is 0 Å². The Kier molecular flexibility index (Phi) is 6.81. The van der Waals surface area contributed by atoms with Gasteiger partial charge in [-0.3, -0.25) is 9.59 Å². The lowest BCUT2D eigenvalue weighted by atomic mass is 9.85. The van der Waals surface area contributed by atoms with Crippen molar-refractivity contribution in [3.05, 3.63) is 92.8 Å².